The Balaban J connectivity index is 0.00000196. The number of hydrogen-bond acceptors (Lipinski definition) is 2. The molecule has 3 N–H and O–H groups in total. The molecule has 0 bridgehead atoms. The second-order valence-electron chi connectivity index (χ2n) is 3.51. The highest BCUT2D eigenvalue weighted by atomic mass is 35.5. The summed E-state index contributed by atoms with van der Waals surface area (Å²) in [6.07, 6.45) is 0.140. The minimum atomic E-state index is -0.506. The Bertz CT molecular complexity index is 317. The van der Waals surface area contributed by atoms with Gasteiger partial charge in [-0.25, -0.2) is 0 Å². The zero-order chi connectivity index (χ0) is 10.7. The summed E-state index contributed by atoms with van der Waals surface area (Å²) in [4.78, 5) is 0. The minimum Gasteiger partial charge on any atom is -0.391 e. The van der Waals surface area contributed by atoms with Crippen LogP contribution in [0.5, 0.6) is 0 Å². The third kappa shape index (κ3) is 3.65. The molecular weight excluding hydrogens is 233 g/mol. The third-order valence-corrected chi connectivity index (χ3v) is 2.82. The van der Waals surface area contributed by atoms with Crippen molar-refractivity contribution in [2.24, 2.45) is 5.73 Å². The van der Waals surface area contributed by atoms with Gasteiger partial charge in [0.05, 0.1) is 12.1 Å². The van der Waals surface area contributed by atoms with Gasteiger partial charge in [-0.05, 0) is 30.5 Å². The van der Waals surface area contributed by atoms with Crippen LogP contribution in [0.25, 0.3) is 0 Å². The molecule has 0 fully saturated rings. The number of halogens is 2. The molecule has 0 saturated heterocycles. The van der Waals surface area contributed by atoms with E-state index in [1.165, 1.54) is 0 Å². The van der Waals surface area contributed by atoms with Crippen molar-refractivity contribution in [1.82, 2.24) is 0 Å². The van der Waals surface area contributed by atoms with Crippen LogP contribution >= 0.6 is 24.0 Å². The summed E-state index contributed by atoms with van der Waals surface area (Å²) in [6, 6.07) is 5.29. The summed E-state index contributed by atoms with van der Waals surface area (Å²) in [6.45, 7) is 3.84. The van der Waals surface area contributed by atoms with Crippen LogP contribution in [0.4, 0.5) is 0 Å². The van der Waals surface area contributed by atoms with Crippen molar-refractivity contribution in [3.8, 4) is 0 Å². The van der Waals surface area contributed by atoms with Crippen molar-refractivity contribution >= 4 is 24.0 Å². The Hall–Kier alpha value is -0.280. The van der Waals surface area contributed by atoms with Crippen molar-refractivity contribution in [2.45, 2.75) is 32.4 Å². The van der Waals surface area contributed by atoms with E-state index in [1.807, 2.05) is 32.0 Å². The molecule has 0 spiro atoms. The first-order chi connectivity index (χ1) is 6.56. The van der Waals surface area contributed by atoms with Gasteiger partial charge in [0.15, 0.2) is 0 Å². The van der Waals surface area contributed by atoms with E-state index in [9.17, 15) is 5.11 Å². The highest BCUT2D eigenvalue weighted by Gasteiger charge is 2.15. The molecule has 0 aliphatic rings. The maximum absolute atomic E-state index is 9.57. The Morgan fingerprint density at radius 2 is 2.07 bits per heavy atom. The fraction of sp³-hybridized carbons (Fsp3) is 0.455. The standard InChI is InChI=1S/C11H16ClNO.ClH/c1-3-10(14)11(13)8-5-4-7(2)9(12)6-8;/h4-6,10-11,14H,3,13H2,1-2H3;1H/t10-,11+;/m1./s1. The Kier molecular flexibility index (Phi) is 6.22. The van der Waals surface area contributed by atoms with Gasteiger partial charge in [0.2, 0.25) is 0 Å². The predicted octanol–water partition coefficient (Wildman–Crippen LogP) is 2.84. The van der Waals surface area contributed by atoms with E-state index in [1.54, 1.807) is 0 Å². The van der Waals surface area contributed by atoms with Crippen LogP contribution in [0.3, 0.4) is 0 Å². The van der Waals surface area contributed by atoms with Crippen molar-refractivity contribution < 1.29 is 5.11 Å². The Morgan fingerprint density at radius 3 is 2.53 bits per heavy atom. The van der Waals surface area contributed by atoms with Crippen molar-refractivity contribution in [3.63, 3.8) is 0 Å². The molecule has 0 amide bonds. The number of hydrogen-bond donors (Lipinski definition) is 2. The van der Waals surface area contributed by atoms with Crippen LogP contribution in [0.15, 0.2) is 18.2 Å². The van der Waals surface area contributed by atoms with E-state index >= 15 is 0 Å². The van der Waals surface area contributed by atoms with Crippen molar-refractivity contribution in [3.05, 3.63) is 34.3 Å². The molecule has 1 aromatic carbocycles. The summed E-state index contributed by atoms with van der Waals surface area (Å²) in [7, 11) is 0. The Morgan fingerprint density at radius 1 is 1.47 bits per heavy atom. The number of aryl methyl sites for hydroxylation is 1. The lowest BCUT2D eigenvalue weighted by atomic mass is 10.00. The summed E-state index contributed by atoms with van der Waals surface area (Å²) in [5.41, 5.74) is 7.77. The summed E-state index contributed by atoms with van der Waals surface area (Å²) in [5.74, 6) is 0. The van der Waals surface area contributed by atoms with Crippen LogP contribution in [-0.2, 0) is 0 Å². The molecule has 2 nitrogen and oxygen atoms in total. The monoisotopic (exact) mass is 249 g/mol. The molecule has 4 heteroatoms. The zero-order valence-electron chi connectivity index (χ0n) is 8.90. The van der Waals surface area contributed by atoms with Gasteiger partial charge >= 0.3 is 0 Å². The number of aliphatic hydroxyl groups is 1. The number of aliphatic hydroxyl groups excluding tert-OH is 1. The maximum Gasteiger partial charge on any atom is 0.0730 e. The summed E-state index contributed by atoms with van der Waals surface area (Å²) < 4.78 is 0. The zero-order valence-corrected chi connectivity index (χ0v) is 10.5. The fourth-order valence-corrected chi connectivity index (χ4v) is 1.48. The first-order valence-electron chi connectivity index (χ1n) is 4.76. The SMILES string of the molecule is CC[C@@H](O)[C@@H](N)c1ccc(C)c(Cl)c1.Cl. The average Bonchev–Trinajstić information content (AvgIpc) is 2.20. The molecule has 86 valence electrons. The van der Waals surface area contributed by atoms with E-state index in [2.05, 4.69) is 0 Å². The number of benzene rings is 1. The summed E-state index contributed by atoms with van der Waals surface area (Å²) >= 11 is 5.97. The van der Waals surface area contributed by atoms with Crippen molar-refractivity contribution in [2.75, 3.05) is 0 Å². The molecule has 0 aliphatic carbocycles. The Labute approximate surface area is 102 Å². The van der Waals surface area contributed by atoms with E-state index < -0.39 is 6.10 Å². The lowest BCUT2D eigenvalue weighted by Crippen LogP contribution is -2.25. The largest absolute Gasteiger partial charge is 0.391 e. The van der Waals surface area contributed by atoms with E-state index in [4.69, 9.17) is 17.3 Å². The van der Waals surface area contributed by atoms with Crippen LogP contribution in [0.2, 0.25) is 5.02 Å². The molecule has 2 atom stereocenters. The second kappa shape index (κ2) is 6.33. The van der Waals surface area contributed by atoms with E-state index in [0.29, 0.717) is 11.4 Å². The van der Waals surface area contributed by atoms with Gasteiger partial charge in [-0.2, -0.15) is 0 Å². The van der Waals surface area contributed by atoms with Gasteiger partial charge in [-0.3, -0.25) is 0 Å². The first kappa shape index (κ1) is 14.7. The van der Waals surface area contributed by atoms with Crippen LogP contribution in [-0.4, -0.2) is 11.2 Å². The lowest BCUT2D eigenvalue weighted by molar-refractivity contribution is 0.140. The predicted molar refractivity (Wildman–Crippen MR) is 66.7 cm³/mol. The van der Waals surface area contributed by atoms with Gasteiger partial charge in [0, 0.05) is 5.02 Å². The summed E-state index contributed by atoms with van der Waals surface area (Å²) in [5, 5.41) is 10.3. The molecule has 0 radical (unpaired) electrons. The molecule has 0 unspecified atom stereocenters. The molecule has 0 heterocycles. The molecule has 0 aromatic heterocycles. The lowest BCUT2D eigenvalue weighted by Gasteiger charge is -2.18. The normalized spacial score (nSPS) is 14.2. The van der Waals surface area contributed by atoms with E-state index in [-0.39, 0.29) is 18.4 Å². The smallest absolute Gasteiger partial charge is 0.0730 e. The van der Waals surface area contributed by atoms with Crippen LogP contribution < -0.4 is 5.73 Å². The molecule has 1 aromatic rings. The topological polar surface area (TPSA) is 46.2 Å². The third-order valence-electron chi connectivity index (χ3n) is 2.41. The van der Waals surface area contributed by atoms with Gasteiger partial charge in [0.25, 0.3) is 0 Å². The number of rotatable bonds is 3. The first-order valence-corrected chi connectivity index (χ1v) is 5.13. The van der Waals surface area contributed by atoms with E-state index in [0.717, 1.165) is 11.1 Å². The highest BCUT2D eigenvalue weighted by Crippen LogP contribution is 2.22. The molecular formula is C11H17Cl2NO. The molecule has 0 saturated carbocycles. The molecule has 1 rings (SSSR count). The average molecular weight is 250 g/mol. The minimum absolute atomic E-state index is 0. The quantitative estimate of drug-likeness (QED) is 0.866. The second-order valence-corrected chi connectivity index (χ2v) is 3.92. The maximum atomic E-state index is 9.57. The number of nitrogens with two attached hydrogens (primary N) is 1. The van der Waals surface area contributed by atoms with Gasteiger partial charge in [-0.1, -0.05) is 30.7 Å². The van der Waals surface area contributed by atoms with Gasteiger partial charge in [0.1, 0.15) is 0 Å². The van der Waals surface area contributed by atoms with Gasteiger partial charge < -0.3 is 10.8 Å². The van der Waals surface area contributed by atoms with Crippen molar-refractivity contribution in [1.29, 1.82) is 0 Å². The van der Waals surface area contributed by atoms with Gasteiger partial charge in [-0.15, -0.1) is 12.4 Å². The molecule has 15 heavy (non-hydrogen) atoms. The molecule has 0 aliphatic heterocycles. The van der Waals surface area contributed by atoms with Crippen LogP contribution in [0, 0.1) is 6.92 Å². The highest BCUT2D eigenvalue weighted by molar-refractivity contribution is 6.31. The fourth-order valence-electron chi connectivity index (χ4n) is 1.29. The van der Waals surface area contributed by atoms with Crippen LogP contribution in [0.1, 0.15) is 30.5 Å².